The number of anilines is 1. The summed E-state index contributed by atoms with van der Waals surface area (Å²) in [6.45, 7) is 8.39. The number of hydrogen-bond donors (Lipinski definition) is 1. The number of carbonyl (C=O) groups is 2. The van der Waals surface area contributed by atoms with Gasteiger partial charge in [0.15, 0.2) is 6.10 Å². The van der Waals surface area contributed by atoms with Gasteiger partial charge in [0.05, 0.1) is 12.2 Å². The molecule has 0 saturated heterocycles. The van der Waals surface area contributed by atoms with Crippen molar-refractivity contribution in [1.29, 1.82) is 0 Å². The van der Waals surface area contributed by atoms with Crippen LogP contribution in [0, 0.1) is 0 Å². The van der Waals surface area contributed by atoms with Crippen LogP contribution in [0.4, 0.5) is 5.69 Å². The maximum absolute atomic E-state index is 12.6. The molecule has 0 aliphatic rings. The van der Waals surface area contributed by atoms with Crippen LogP contribution in [-0.2, 0) is 14.9 Å². The number of ether oxygens (including phenoxy) is 2. The van der Waals surface area contributed by atoms with E-state index in [4.69, 9.17) is 9.47 Å². The monoisotopic (exact) mass is 445 g/mol. The molecule has 0 heterocycles. The predicted octanol–water partition coefficient (Wildman–Crippen LogP) is 5.99. The number of amides is 1. The van der Waals surface area contributed by atoms with Crippen LogP contribution < -0.4 is 10.1 Å². The molecule has 33 heavy (non-hydrogen) atoms. The second-order valence-corrected chi connectivity index (χ2v) is 8.48. The Morgan fingerprint density at radius 2 is 1.48 bits per heavy atom. The lowest BCUT2D eigenvalue weighted by atomic mass is 9.78. The summed E-state index contributed by atoms with van der Waals surface area (Å²) in [4.78, 5) is 24.4. The lowest BCUT2D eigenvalue weighted by Gasteiger charge is -2.26. The fraction of sp³-hybridized carbons (Fsp3) is 0.286. The molecule has 1 atom stereocenters. The molecule has 0 aromatic heterocycles. The molecule has 3 aromatic rings. The minimum absolute atomic E-state index is 0.141. The van der Waals surface area contributed by atoms with E-state index < -0.39 is 6.10 Å². The molecule has 3 rings (SSSR count). The zero-order valence-electron chi connectivity index (χ0n) is 19.6. The molecule has 1 unspecified atom stereocenters. The molecule has 3 aromatic carbocycles. The third kappa shape index (κ3) is 6.22. The van der Waals surface area contributed by atoms with Crippen LogP contribution in [0.15, 0.2) is 78.9 Å². The van der Waals surface area contributed by atoms with Crippen molar-refractivity contribution in [2.24, 2.45) is 0 Å². The number of nitrogens with one attached hydrogen (secondary N) is 1. The van der Waals surface area contributed by atoms with E-state index in [2.05, 4.69) is 31.3 Å². The first-order chi connectivity index (χ1) is 15.8. The molecule has 172 valence electrons. The van der Waals surface area contributed by atoms with Crippen LogP contribution >= 0.6 is 0 Å². The summed E-state index contributed by atoms with van der Waals surface area (Å²) in [6.07, 6.45) is 0.0813. The molecule has 0 spiro atoms. The van der Waals surface area contributed by atoms with Crippen LogP contribution in [0.1, 0.15) is 55.6 Å². The maximum atomic E-state index is 12.6. The summed E-state index contributed by atoms with van der Waals surface area (Å²) in [5.41, 5.74) is 3.29. The minimum Gasteiger partial charge on any atom is -0.481 e. The predicted molar refractivity (Wildman–Crippen MR) is 131 cm³/mol. The molecule has 0 aliphatic heterocycles. The maximum Gasteiger partial charge on any atom is 0.338 e. The summed E-state index contributed by atoms with van der Waals surface area (Å²) >= 11 is 0. The summed E-state index contributed by atoms with van der Waals surface area (Å²) in [5, 5.41) is 2.81. The van der Waals surface area contributed by atoms with Crippen molar-refractivity contribution in [2.45, 2.75) is 45.6 Å². The number of rotatable bonds is 9. The van der Waals surface area contributed by atoms with E-state index in [0.29, 0.717) is 23.6 Å². The van der Waals surface area contributed by atoms with E-state index in [1.54, 1.807) is 31.2 Å². The molecule has 1 N–H and O–H groups in total. The van der Waals surface area contributed by atoms with E-state index in [9.17, 15) is 9.59 Å². The van der Waals surface area contributed by atoms with Gasteiger partial charge in [0.1, 0.15) is 5.75 Å². The molecule has 0 aliphatic carbocycles. The van der Waals surface area contributed by atoms with Crippen molar-refractivity contribution in [3.05, 3.63) is 95.6 Å². The summed E-state index contributed by atoms with van der Waals surface area (Å²) in [6, 6.07) is 24.8. The zero-order valence-corrected chi connectivity index (χ0v) is 19.6. The van der Waals surface area contributed by atoms with Gasteiger partial charge in [-0.25, -0.2) is 4.79 Å². The summed E-state index contributed by atoms with van der Waals surface area (Å²) in [7, 11) is 0. The number of benzene rings is 3. The Balaban J connectivity index is 1.58. The normalized spacial score (nSPS) is 12.0. The standard InChI is InChI=1S/C28H31NO4/c1-5-19-32-27(31)21-11-15-24(16-12-21)29-26(30)20(2)33-25-17-13-23(14-18-25)28(3,4)22-9-7-6-8-10-22/h6-18,20H,5,19H2,1-4H3,(H,29,30). The minimum atomic E-state index is -0.688. The van der Waals surface area contributed by atoms with Crippen LogP contribution in [0.25, 0.3) is 0 Å². The highest BCUT2D eigenvalue weighted by Gasteiger charge is 2.23. The lowest BCUT2D eigenvalue weighted by Crippen LogP contribution is -2.30. The van der Waals surface area contributed by atoms with Gasteiger partial charge in [-0.05, 0) is 60.9 Å². The van der Waals surface area contributed by atoms with Crippen molar-refractivity contribution < 1.29 is 19.1 Å². The van der Waals surface area contributed by atoms with Crippen molar-refractivity contribution in [3.8, 4) is 5.75 Å². The van der Waals surface area contributed by atoms with Gasteiger partial charge >= 0.3 is 5.97 Å². The fourth-order valence-corrected chi connectivity index (χ4v) is 3.44. The number of esters is 1. The average molecular weight is 446 g/mol. The topological polar surface area (TPSA) is 64.6 Å². The van der Waals surface area contributed by atoms with Gasteiger partial charge in [0, 0.05) is 11.1 Å². The van der Waals surface area contributed by atoms with Gasteiger partial charge < -0.3 is 14.8 Å². The van der Waals surface area contributed by atoms with Crippen molar-refractivity contribution in [2.75, 3.05) is 11.9 Å². The number of carbonyl (C=O) groups excluding carboxylic acids is 2. The second-order valence-electron chi connectivity index (χ2n) is 8.48. The quantitative estimate of drug-likeness (QED) is 0.411. The number of hydrogen-bond acceptors (Lipinski definition) is 4. The molecular formula is C28H31NO4. The van der Waals surface area contributed by atoms with E-state index in [1.165, 1.54) is 5.56 Å². The van der Waals surface area contributed by atoms with Gasteiger partial charge in [-0.1, -0.05) is 63.2 Å². The van der Waals surface area contributed by atoms with Crippen LogP contribution in [0.2, 0.25) is 0 Å². The molecule has 0 fully saturated rings. The van der Waals surface area contributed by atoms with E-state index in [1.807, 2.05) is 49.4 Å². The molecule has 0 saturated carbocycles. The Bertz CT molecular complexity index is 1060. The zero-order chi connectivity index (χ0) is 23.8. The van der Waals surface area contributed by atoms with Crippen LogP contribution in [0.3, 0.4) is 0 Å². The SMILES string of the molecule is CCCOC(=O)c1ccc(NC(=O)C(C)Oc2ccc(C(C)(C)c3ccccc3)cc2)cc1. The molecule has 5 nitrogen and oxygen atoms in total. The van der Waals surface area contributed by atoms with Gasteiger partial charge in [0.2, 0.25) is 0 Å². The van der Waals surface area contributed by atoms with Gasteiger partial charge in [0.25, 0.3) is 5.91 Å². The summed E-state index contributed by atoms with van der Waals surface area (Å²) < 4.78 is 11.0. The smallest absolute Gasteiger partial charge is 0.338 e. The molecule has 0 bridgehead atoms. The van der Waals surface area contributed by atoms with Crippen LogP contribution in [-0.4, -0.2) is 24.6 Å². The van der Waals surface area contributed by atoms with Gasteiger partial charge in [-0.15, -0.1) is 0 Å². The third-order valence-corrected chi connectivity index (χ3v) is 5.58. The Kier molecular flexibility index (Phi) is 7.88. The van der Waals surface area contributed by atoms with Crippen molar-refractivity contribution in [1.82, 2.24) is 0 Å². The Hall–Kier alpha value is -3.60. The molecule has 0 radical (unpaired) electrons. The Labute approximate surface area is 195 Å². The van der Waals surface area contributed by atoms with Crippen molar-refractivity contribution >= 4 is 17.6 Å². The van der Waals surface area contributed by atoms with Gasteiger partial charge in [-0.2, -0.15) is 0 Å². The lowest BCUT2D eigenvalue weighted by molar-refractivity contribution is -0.122. The highest BCUT2D eigenvalue weighted by atomic mass is 16.5. The highest BCUT2D eigenvalue weighted by Crippen LogP contribution is 2.32. The second kappa shape index (κ2) is 10.8. The van der Waals surface area contributed by atoms with Crippen molar-refractivity contribution in [3.63, 3.8) is 0 Å². The molecule has 5 heteroatoms. The average Bonchev–Trinajstić information content (AvgIpc) is 2.83. The van der Waals surface area contributed by atoms with E-state index >= 15 is 0 Å². The first kappa shape index (κ1) is 24.1. The summed E-state index contributed by atoms with van der Waals surface area (Å²) in [5.74, 6) is -0.0189. The van der Waals surface area contributed by atoms with Crippen LogP contribution in [0.5, 0.6) is 5.75 Å². The Morgan fingerprint density at radius 3 is 2.09 bits per heavy atom. The Morgan fingerprint density at radius 1 is 0.879 bits per heavy atom. The van der Waals surface area contributed by atoms with E-state index in [0.717, 1.165) is 12.0 Å². The first-order valence-corrected chi connectivity index (χ1v) is 11.2. The largest absolute Gasteiger partial charge is 0.481 e. The van der Waals surface area contributed by atoms with E-state index in [-0.39, 0.29) is 17.3 Å². The highest BCUT2D eigenvalue weighted by molar-refractivity contribution is 5.95. The molecule has 1 amide bonds. The first-order valence-electron chi connectivity index (χ1n) is 11.2. The fourth-order valence-electron chi connectivity index (χ4n) is 3.44. The third-order valence-electron chi connectivity index (χ3n) is 5.58. The van der Waals surface area contributed by atoms with Gasteiger partial charge in [-0.3, -0.25) is 4.79 Å². The molecular weight excluding hydrogens is 414 g/mol.